The first-order valence-corrected chi connectivity index (χ1v) is 10.0. The van der Waals surface area contributed by atoms with Crippen LogP contribution >= 0.6 is 11.3 Å². The first-order valence-electron chi connectivity index (χ1n) is 9.14. The molecule has 1 unspecified atom stereocenters. The Hall–Kier alpha value is -2.67. The third kappa shape index (κ3) is 2.41. The van der Waals surface area contributed by atoms with E-state index < -0.39 is 11.6 Å². The lowest BCUT2D eigenvalue weighted by molar-refractivity contribution is -0.139. The maximum atomic E-state index is 13.2. The molecule has 2 aliphatic heterocycles. The summed E-state index contributed by atoms with van der Waals surface area (Å²) in [6, 6.07) is 9.27. The predicted octanol–water partition coefficient (Wildman–Crippen LogP) is 2.03. The number of rotatable bonds is 2. The summed E-state index contributed by atoms with van der Waals surface area (Å²) in [5.41, 5.74) is 2.11. The molecule has 1 fully saturated rings. The number of benzene rings is 1. The molecule has 0 bridgehead atoms. The summed E-state index contributed by atoms with van der Waals surface area (Å²) in [6.07, 6.45) is 2.12. The largest absolute Gasteiger partial charge is 0.336 e. The zero-order valence-corrected chi connectivity index (χ0v) is 15.6. The maximum absolute atomic E-state index is 13.2. The first kappa shape index (κ1) is 16.5. The molecular formula is C20H19N3O3S. The van der Waals surface area contributed by atoms with Gasteiger partial charge >= 0.3 is 6.03 Å². The molecule has 4 amide bonds. The van der Waals surface area contributed by atoms with E-state index in [1.54, 1.807) is 16.2 Å². The van der Waals surface area contributed by atoms with Crippen LogP contribution < -0.4 is 5.32 Å². The molecule has 1 aliphatic carbocycles. The molecule has 7 heteroatoms. The normalized spacial score (nSPS) is 23.6. The second kappa shape index (κ2) is 5.92. The number of nitrogens with one attached hydrogen (secondary N) is 1. The molecule has 1 N–H and O–H groups in total. The number of carbonyl (C=O) groups is 3. The van der Waals surface area contributed by atoms with Crippen LogP contribution in [0.25, 0.3) is 0 Å². The second-order valence-corrected chi connectivity index (χ2v) is 8.32. The minimum absolute atomic E-state index is 0.182. The van der Waals surface area contributed by atoms with E-state index in [1.807, 2.05) is 35.7 Å². The van der Waals surface area contributed by atoms with Gasteiger partial charge in [-0.05, 0) is 47.4 Å². The van der Waals surface area contributed by atoms with Crippen molar-refractivity contribution in [2.75, 3.05) is 13.1 Å². The van der Waals surface area contributed by atoms with E-state index in [1.165, 1.54) is 4.88 Å². The van der Waals surface area contributed by atoms with Crippen LogP contribution in [0, 0.1) is 0 Å². The average Bonchev–Trinajstić information content (AvgIpc) is 3.35. The van der Waals surface area contributed by atoms with Crippen molar-refractivity contribution in [3.05, 3.63) is 57.3 Å². The van der Waals surface area contributed by atoms with E-state index in [4.69, 9.17) is 0 Å². The Kier molecular flexibility index (Phi) is 3.62. The van der Waals surface area contributed by atoms with E-state index in [2.05, 4.69) is 5.32 Å². The van der Waals surface area contributed by atoms with Gasteiger partial charge in [0, 0.05) is 18.0 Å². The minimum Gasteiger partial charge on any atom is -0.336 e. The molecule has 138 valence electrons. The van der Waals surface area contributed by atoms with Gasteiger partial charge in [0.05, 0.1) is 0 Å². The number of hydrogen-bond acceptors (Lipinski definition) is 4. The molecule has 1 aromatic heterocycles. The van der Waals surface area contributed by atoms with Crippen LogP contribution in [0.1, 0.15) is 28.0 Å². The van der Waals surface area contributed by atoms with Crippen LogP contribution in [0.5, 0.6) is 0 Å². The number of hydrogen-bond donors (Lipinski definition) is 1. The Labute approximate surface area is 160 Å². The number of fused-ring (bicyclic) bond motifs is 3. The Morgan fingerprint density at radius 1 is 1.15 bits per heavy atom. The fraction of sp³-hybridized carbons (Fsp3) is 0.350. The second-order valence-electron chi connectivity index (χ2n) is 7.32. The van der Waals surface area contributed by atoms with Crippen molar-refractivity contribution >= 4 is 29.2 Å². The van der Waals surface area contributed by atoms with Gasteiger partial charge in [0.2, 0.25) is 5.91 Å². The Morgan fingerprint density at radius 3 is 2.89 bits per heavy atom. The van der Waals surface area contributed by atoms with Crippen LogP contribution in [0.2, 0.25) is 0 Å². The lowest BCUT2D eigenvalue weighted by atomic mass is 9.92. The number of imide groups is 1. The van der Waals surface area contributed by atoms with Gasteiger partial charge in [0.1, 0.15) is 12.1 Å². The third-order valence-electron chi connectivity index (χ3n) is 5.88. The van der Waals surface area contributed by atoms with Crippen molar-refractivity contribution in [3.8, 4) is 0 Å². The number of carbonyl (C=O) groups excluding carboxylic acids is 3. The molecule has 1 atom stereocenters. The van der Waals surface area contributed by atoms with Crippen molar-refractivity contribution < 1.29 is 14.4 Å². The molecule has 0 saturated carbocycles. The van der Waals surface area contributed by atoms with Gasteiger partial charge in [0.25, 0.3) is 5.91 Å². The van der Waals surface area contributed by atoms with Crippen molar-refractivity contribution in [1.29, 1.82) is 0 Å². The summed E-state index contributed by atoms with van der Waals surface area (Å²) >= 11 is 1.71. The highest BCUT2D eigenvalue weighted by atomic mass is 32.1. The highest BCUT2D eigenvalue weighted by Gasteiger charge is 2.55. The topological polar surface area (TPSA) is 69.7 Å². The van der Waals surface area contributed by atoms with E-state index in [9.17, 15) is 14.4 Å². The lowest BCUT2D eigenvalue weighted by Gasteiger charge is -2.28. The number of urea groups is 1. The monoisotopic (exact) mass is 381 g/mol. The fourth-order valence-electron chi connectivity index (χ4n) is 4.43. The highest BCUT2D eigenvalue weighted by molar-refractivity contribution is 7.10. The van der Waals surface area contributed by atoms with Crippen molar-refractivity contribution in [2.24, 2.45) is 0 Å². The van der Waals surface area contributed by atoms with Gasteiger partial charge in [-0.25, -0.2) is 4.79 Å². The van der Waals surface area contributed by atoms with Gasteiger partial charge in [-0.15, -0.1) is 11.3 Å². The summed E-state index contributed by atoms with van der Waals surface area (Å²) in [5, 5.41) is 4.91. The molecule has 3 aliphatic rings. The highest BCUT2D eigenvalue weighted by Crippen LogP contribution is 2.41. The molecule has 0 radical (unpaired) electrons. The van der Waals surface area contributed by atoms with Crippen LogP contribution in [-0.4, -0.2) is 40.7 Å². The standard InChI is InChI=1S/C20H19N3O3S/c24-17(22-9-6-16-14(11-22)7-10-27-16)12-23-18(25)20(21-19(23)26)8-5-13-3-1-2-4-15(13)20/h1-4,7,10H,5-6,8-9,11-12H2,(H,21,26). The molecule has 3 heterocycles. The van der Waals surface area contributed by atoms with E-state index in [-0.39, 0.29) is 18.4 Å². The van der Waals surface area contributed by atoms with E-state index in [0.717, 1.165) is 34.4 Å². The van der Waals surface area contributed by atoms with Gasteiger partial charge in [-0.1, -0.05) is 24.3 Å². The quantitative estimate of drug-likeness (QED) is 0.810. The molecular weight excluding hydrogens is 362 g/mol. The lowest BCUT2D eigenvalue weighted by Crippen LogP contribution is -2.45. The summed E-state index contributed by atoms with van der Waals surface area (Å²) < 4.78 is 0. The Balaban J connectivity index is 1.35. The number of nitrogens with zero attached hydrogens (tertiary/aromatic N) is 2. The molecule has 2 aromatic rings. The van der Waals surface area contributed by atoms with Crippen LogP contribution in [0.3, 0.4) is 0 Å². The van der Waals surface area contributed by atoms with Crippen LogP contribution in [0.4, 0.5) is 4.79 Å². The summed E-state index contributed by atoms with van der Waals surface area (Å²) in [5.74, 6) is -0.488. The summed E-state index contributed by atoms with van der Waals surface area (Å²) in [6.45, 7) is 0.979. The van der Waals surface area contributed by atoms with Crippen LogP contribution in [0.15, 0.2) is 35.7 Å². The van der Waals surface area contributed by atoms with E-state index >= 15 is 0 Å². The number of amides is 4. The van der Waals surface area contributed by atoms with Gasteiger partial charge in [0.15, 0.2) is 0 Å². The maximum Gasteiger partial charge on any atom is 0.325 e. The van der Waals surface area contributed by atoms with Gasteiger partial charge in [-0.2, -0.15) is 0 Å². The van der Waals surface area contributed by atoms with Crippen molar-refractivity contribution in [3.63, 3.8) is 0 Å². The van der Waals surface area contributed by atoms with Gasteiger partial charge < -0.3 is 10.2 Å². The fourth-order valence-corrected chi connectivity index (χ4v) is 5.32. The Bertz CT molecular complexity index is 969. The molecule has 1 aromatic carbocycles. The van der Waals surface area contributed by atoms with Gasteiger partial charge in [-0.3, -0.25) is 14.5 Å². The zero-order valence-electron chi connectivity index (χ0n) is 14.7. The Morgan fingerprint density at radius 2 is 2.00 bits per heavy atom. The third-order valence-corrected chi connectivity index (χ3v) is 6.90. The van der Waals surface area contributed by atoms with Crippen molar-refractivity contribution in [1.82, 2.24) is 15.1 Å². The van der Waals surface area contributed by atoms with E-state index in [0.29, 0.717) is 19.5 Å². The SMILES string of the molecule is O=C(CN1C(=O)NC2(CCc3ccccc32)C1=O)N1CCc2sccc2C1. The van der Waals surface area contributed by atoms with Crippen molar-refractivity contribution in [2.45, 2.75) is 31.3 Å². The molecule has 1 spiro atoms. The number of thiophene rings is 1. The number of aryl methyl sites for hydroxylation is 1. The zero-order chi connectivity index (χ0) is 18.6. The predicted molar refractivity (Wildman–Crippen MR) is 100 cm³/mol. The van der Waals surface area contributed by atoms with Crippen LogP contribution in [-0.2, 0) is 34.5 Å². The molecule has 5 rings (SSSR count). The average molecular weight is 381 g/mol. The first-order chi connectivity index (χ1) is 13.1. The summed E-state index contributed by atoms with van der Waals surface area (Å²) in [7, 11) is 0. The molecule has 6 nitrogen and oxygen atoms in total. The minimum atomic E-state index is -1.00. The molecule has 27 heavy (non-hydrogen) atoms. The summed E-state index contributed by atoms with van der Waals surface area (Å²) in [4.78, 5) is 42.6. The smallest absolute Gasteiger partial charge is 0.325 e. The molecule has 1 saturated heterocycles.